The first kappa shape index (κ1) is 12.4. The Labute approximate surface area is 106 Å². The van der Waals surface area contributed by atoms with Gasteiger partial charge in [0.25, 0.3) is 0 Å². The molecule has 1 atom stereocenters. The third kappa shape index (κ3) is 2.61. The lowest BCUT2D eigenvalue weighted by molar-refractivity contribution is -0.142. The lowest BCUT2D eigenvalue weighted by Gasteiger charge is -2.29. The van der Waals surface area contributed by atoms with Crippen LogP contribution in [0.15, 0.2) is 24.3 Å². The van der Waals surface area contributed by atoms with E-state index >= 15 is 0 Å². The molecule has 0 unspecified atom stereocenters. The number of hydrogen-bond acceptors (Lipinski definition) is 3. The van der Waals surface area contributed by atoms with Crippen molar-refractivity contribution in [2.45, 2.75) is 12.5 Å². The van der Waals surface area contributed by atoms with Gasteiger partial charge in [0, 0.05) is 13.5 Å². The van der Waals surface area contributed by atoms with E-state index in [0.717, 1.165) is 11.3 Å². The fourth-order valence-electron chi connectivity index (χ4n) is 2.00. The normalized spacial score (nSPS) is 19.7. The Morgan fingerprint density at radius 2 is 2.00 bits per heavy atom. The lowest BCUT2D eigenvalue weighted by Crippen LogP contribution is -2.57. The topological polar surface area (TPSA) is 58.6 Å². The molecule has 0 radical (unpaired) electrons. The second-order valence-corrected chi connectivity index (χ2v) is 4.37. The highest BCUT2D eigenvalue weighted by molar-refractivity contribution is 5.94. The summed E-state index contributed by atoms with van der Waals surface area (Å²) in [5.74, 6) is 0.607. The maximum Gasteiger partial charge on any atom is 0.245 e. The Kier molecular flexibility index (Phi) is 3.50. The lowest BCUT2D eigenvalue weighted by atomic mass is 10.0. The van der Waals surface area contributed by atoms with Gasteiger partial charge in [0.05, 0.1) is 13.7 Å². The molecule has 2 amide bonds. The minimum Gasteiger partial charge on any atom is -0.497 e. The number of methoxy groups -OCH3 is 1. The van der Waals surface area contributed by atoms with Crippen molar-refractivity contribution in [3.63, 3.8) is 0 Å². The van der Waals surface area contributed by atoms with Crippen molar-refractivity contribution in [3.05, 3.63) is 29.8 Å². The molecule has 1 aliphatic heterocycles. The van der Waals surface area contributed by atoms with Crippen LogP contribution in [0.4, 0.5) is 0 Å². The number of carbonyl (C=O) groups is 2. The zero-order chi connectivity index (χ0) is 13.1. The predicted molar refractivity (Wildman–Crippen MR) is 66.3 cm³/mol. The van der Waals surface area contributed by atoms with Crippen molar-refractivity contribution in [1.82, 2.24) is 10.2 Å². The summed E-state index contributed by atoms with van der Waals surface area (Å²) >= 11 is 0. The van der Waals surface area contributed by atoms with E-state index in [1.165, 1.54) is 4.90 Å². The third-order valence-corrected chi connectivity index (χ3v) is 2.99. The van der Waals surface area contributed by atoms with E-state index in [4.69, 9.17) is 4.74 Å². The number of likely N-dealkylation sites (N-methyl/N-ethyl adjacent to an activating group) is 1. The van der Waals surface area contributed by atoms with E-state index in [2.05, 4.69) is 5.32 Å². The zero-order valence-corrected chi connectivity index (χ0v) is 10.5. The molecule has 1 aromatic carbocycles. The maximum atomic E-state index is 11.9. The number of piperazine rings is 1. The van der Waals surface area contributed by atoms with Crippen LogP contribution in [0.2, 0.25) is 0 Å². The molecule has 0 saturated carbocycles. The molecule has 1 N–H and O–H groups in total. The summed E-state index contributed by atoms with van der Waals surface area (Å²) in [6, 6.07) is 7.01. The fraction of sp³-hybridized carbons (Fsp3) is 0.385. The summed E-state index contributed by atoms with van der Waals surface area (Å²) in [5, 5.41) is 2.71. The Bertz CT molecular complexity index is 456. The van der Waals surface area contributed by atoms with Gasteiger partial charge in [0.1, 0.15) is 11.8 Å². The van der Waals surface area contributed by atoms with Gasteiger partial charge < -0.3 is 15.0 Å². The molecule has 0 aromatic heterocycles. The Hall–Kier alpha value is -2.04. The van der Waals surface area contributed by atoms with E-state index in [1.54, 1.807) is 14.2 Å². The number of rotatable bonds is 3. The van der Waals surface area contributed by atoms with Gasteiger partial charge in [-0.3, -0.25) is 9.59 Å². The van der Waals surface area contributed by atoms with Crippen molar-refractivity contribution in [3.8, 4) is 5.75 Å². The van der Waals surface area contributed by atoms with Crippen molar-refractivity contribution >= 4 is 11.8 Å². The van der Waals surface area contributed by atoms with Gasteiger partial charge >= 0.3 is 0 Å². The number of carbonyl (C=O) groups excluding carboxylic acids is 2. The summed E-state index contributed by atoms with van der Waals surface area (Å²) in [7, 11) is 3.25. The van der Waals surface area contributed by atoms with Gasteiger partial charge in [0.15, 0.2) is 0 Å². The van der Waals surface area contributed by atoms with Gasteiger partial charge in [-0.25, -0.2) is 0 Å². The SMILES string of the molecule is COc1ccc(C[C@@H]2NC(=O)CN(C)C2=O)cc1. The van der Waals surface area contributed by atoms with Crippen LogP contribution in [0.5, 0.6) is 5.75 Å². The molecule has 1 aromatic rings. The molecule has 1 aliphatic rings. The number of nitrogens with one attached hydrogen (secondary N) is 1. The molecule has 1 fully saturated rings. The molecular formula is C13H16N2O3. The Balaban J connectivity index is 2.07. The maximum absolute atomic E-state index is 11.9. The second-order valence-electron chi connectivity index (χ2n) is 4.37. The van der Waals surface area contributed by atoms with Crippen LogP contribution in [-0.4, -0.2) is 43.5 Å². The number of benzene rings is 1. The van der Waals surface area contributed by atoms with Crippen LogP contribution in [0.3, 0.4) is 0 Å². The number of hydrogen-bond donors (Lipinski definition) is 1. The van der Waals surface area contributed by atoms with Crippen LogP contribution < -0.4 is 10.1 Å². The van der Waals surface area contributed by atoms with Gasteiger partial charge in [-0.1, -0.05) is 12.1 Å². The van der Waals surface area contributed by atoms with Crippen molar-refractivity contribution < 1.29 is 14.3 Å². The number of ether oxygens (including phenoxy) is 1. The van der Waals surface area contributed by atoms with Crippen LogP contribution in [0.25, 0.3) is 0 Å². The van der Waals surface area contributed by atoms with Crippen molar-refractivity contribution in [1.29, 1.82) is 0 Å². The van der Waals surface area contributed by atoms with Gasteiger partial charge in [-0.15, -0.1) is 0 Å². The van der Waals surface area contributed by atoms with Gasteiger partial charge in [-0.05, 0) is 17.7 Å². The molecule has 1 saturated heterocycles. The first-order chi connectivity index (χ1) is 8.60. The largest absolute Gasteiger partial charge is 0.497 e. The smallest absolute Gasteiger partial charge is 0.245 e. The first-order valence-electron chi connectivity index (χ1n) is 5.77. The van der Waals surface area contributed by atoms with Crippen LogP contribution in [0.1, 0.15) is 5.56 Å². The fourth-order valence-corrected chi connectivity index (χ4v) is 2.00. The molecule has 96 valence electrons. The van der Waals surface area contributed by atoms with E-state index < -0.39 is 6.04 Å². The molecule has 0 bridgehead atoms. The average molecular weight is 248 g/mol. The van der Waals surface area contributed by atoms with E-state index in [-0.39, 0.29) is 18.4 Å². The summed E-state index contributed by atoms with van der Waals surface area (Å²) in [6.45, 7) is 0.137. The highest BCUT2D eigenvalue weighted by Gasteiger charge is 2.30. The Morgan fingerprint density at radius 1 is 1.33 bits per heavy atom. The molecule has 5 nitrogen and oxygen atoms in total. The highest BCUT2D eigenvalue weighted by atomic mass is 16.5. The first-order valence-corrected chi connectivity index (χ1v) is 5.77. The standard InChI is InChI=1S/C13H16N2O3/c1-15-8-12(16)14-11(13(15)17)7-9-3-5-10(18-2)6-4-9/h3-6,11H,7-8H2,1-2H3,(H,14,16)/t11-/m0/s1. The van der Waals surface area contributed by atoms with E-state index in [9.17, 15) is 9.59 Å². The third-order valence-electron chi connectivity index (χ3n) is 2.99. The van der Waals surface area contributed by atoms with Crippen LogP contribution in [-0.2, 0) is 16.0 Å². The van der Waals surface area contributed by atoms with Gasteiger partial charge in [-0.2, -0.15) is 0 Å². The molecule has 5 heteroatoms. The van der Waals surface area contributed by atoms with Crippen molar-refractivity contribution in [2.24, 2.45) is 0 Å². The average Bonchev–Trinajstić information content (AvgIpc) is 2.36. The predicted octanol–water partition coefficient (Wildman–Crippen LogP) is 0.195. The summed E-state index contributed by atoms with van der Waals surface area (Å²) in [4.78, 5) is 24.7. The minimum absolute atomic E-state index is 0.0505. The van der Waals surface area contributed by atoms with Crippen molar-refractivity contribution in [2.75, 3.05) is 20.7 Å². The number of amides is 2. The summed E-state index contributed by atoms with van der Waals surface area (Å²) in [6.07, 6.45) is 0.499. The summed E-state index contributed by atoms with van der Waals surface area (Å²) < 4.78 is 5.07. The van der Waals surface area contributed by atoms with Crippen LogP contribution >= 0.6 is 0 Å². The molecule has 18 heavy (non-hydrogen) atoms. The molecule has 0 aliphatic carbocycles. The highest BCUT2D eigenvalue weighted by Crippen LogP contribution is 2.14. The Morgan fingerprint density at radius 3 is 2.61 bits per heavy atom. The zero-order valence-electron chi connectivity index (χ0n) is 10.5. The van der Waals surface area contributed by atoms with Crippen LogP contribution in [0, 0.1) is 0 Å². The van der Waals surface area contributed by atoms with E-state index in [0.29, 0.717) is 6.42 Å². The molecule has 1 heterocycles. The molecule has 0 spiro atoms. The number of nitrogens with zero attached hydrogens (tertiary/aromatic N) is 1. The van der Waals surface area contributed by atoms with E-state index in [1.807, 2.05) is 24.3 Å². The van der Waals surface area contributed by atoms with Gasteiger partial charge in [0.2, 0.25) is 11.8 Å². The second kappa shape index (κ2) is 5.08. The summed E-state index contributed by atoms with van der Waals surface area (Å²) in [5.41, 5.74) is 0.991. The minimum atomic E-state index is -0.468. The molecular weight excluding hydrogens is 232 g/mol. The monoisotopic (exact) mass is 248 g/mol. The quantitative estimate of drug-likeness (QED) is 0.831. The molecule has 2 rings (SSSR count).